The van der Waals surface area contributed by atoms with E-state index in [4.69, 9.17) is 4.74 Å². The molecule has 0 unspecified atom stereocenters. The maximum atomic E-state index is 12.7. The number of benzene rings is 3. The van der Waals surface area contributed by atoms with Gasteiger partial charge in [-0.15, -0.1) is 0 Å². The van der Waals surface area contributed by atoms with Crippen LogP contribution in [0.3, 0.4) is 0 Å². The van der Waals surface area contributed by atoms with Gasteiger partial charge in [-0.05, 0) is 54.4 Å². The summed E-state index contributed by atoms with van der Waals surface area (Å²) < 4.78 is 5.33. The van der Waals surface area contributed by atoms with Crippen LogP contribution in [0.1, 0.15) is 18.4 Å². The molecule has 4 nitrogen and oxygen atoms in total. The monoisotopic (exact) mass is 374 g/mol. The number of fused-ring (bicyclic) bond motifs is 1. The van der Waals surface area contributed by atoms with E-state index in [1.54, 1.807) is 7.11 Å². The molecule has 0 saturated carbocycles. The Balaban J connectivity index is 1.36. The van der Waals surface area contributed by atoms with Crippen molar-refractivity contribution in [2.75, 3.05) is 25.5 Å². The van der Waals surface area contributed by atoms with Crippen molar-refractivity contribution < 1.29 is 9.53 Å². The minimum absolute atomic E-state index is 0.0497. The van der Waals surface area contributed by atoms with Crippen LogP contribution in [0.25, 0.3) is 10.8 Å². The molecule has 1 amide bonds. The highest BCUT2D eigenvalue weighted by atomic mass is 16.5. The Morgan fingerprint density at radius 3 is 2.54 bits per heavy atom. The summed E-state index contributed by atoms with van der Waals surface area (Å²) >= 11 is 0. The normalized spacial score (nSPS) is 15.5. The van der Waals surface area contributed by atoms with Gasteiger partial charge in [0.2, 0.25) is 5.91 Å². The Morgan fingerprint density at radius 2 is 1.71 bits per heavy atom. The molecular weight excluding hydrogens is 348 g/mol. The first-order valence-electron chi connectivity index (χ1n) is 9.87. The SMILES string of the molecule is COc1ccccc1NC(=O)C1CCN(Cc2cccc3ccccc23)CC1. The third-order valence-corrected chi connectivity index (χ3v) is 5.60. The summed E-state index contributed by atoms with van der Waals surface area (Å²) in [5.74, 6) is 0.840. The van der Waals surface area contributed by atoms with Gasteiger partial charge >= 0.3 is 0 Å². The molecule has 4 rings (SSSR count). The average molecular weight is 374 g/mol. The summed E-state index contributed by atoms with van der Waals surface area (Å²) in [5.41, 5.74) is 2.10. The molecule has 1 N–H and O–H groups in total. The Labute approximate surface area is 166 Å². The van der Waals surface area contributed by atoms with Crippen LogP contribution in [0.4, 0.5) is 5.69 Å². The number of methoxy groups -OCH3 is 1. The van der Waals surface area contributed by atoms with Gasteiger partial charge in [0.1, 0.15) is 5.75 Å². The number of nitrogens with zero attached hydrogens (tertiary/aromatic N) is 1. The van der Waals surface area contributed by atoms with Gasteiger partial charge in [0, 0.05) is 12.5 Å². The van der Waals surface area contributed by atoms with Crippen molar-refractivity contribution in [3.8, 4) is 5.75 Å². The van der Waals surface area contributed by atoms with E-state index in [1.165, 1.54) is 16.3 Å². The third kappa shape index (κ3) is 4.02. The lowest BCUT2D eigenvalue weighted by Crippen LogP contribution is -2.37. The van der Waals surface area contributed by atoms with Crippen molar-refractivity contribution in [2.24, 2.45) is 5.92 Å². The number of amides is 1. The van der Waals surface area contributed by atoms with Crippen molar-refractivity contribution in [1.29, 1.82) is 0 Å². The van der Waals surface area contributed by atoms with Crippen LogP contribution in [-0.4, -0.2) is 31.0 Å². The predicted molar refractivity (Wildman–Crippen MR) is 114 cm³/mol. The lowest BCUT2D eigenvalue weighted by Gasteiger charge is -2.31. The zero-order chi connectivity index (χ0) is 19.3. The molecule has 0 bridgehead atoms. The second-order valence-electron chi connectivity index (χ2n) is 7.38. The zero-order valence-corrected chi connectivity index (χ0v) is 16.2. The largest absolute Gasteiger partial charge is 0.495 e. The molecule has 1 fully saturated rings. The quantitative estimate of drug-likeness (QED) is 0.704. The number of carbonyl (C=O) groups excluding carboxylic acids is 1. The molecule has 4 heteroatoms. The minimum Gasteiger partial charge on any atom is -0.495 e. The Hall–Kier alpha value is -2.85. The van der Waals surface area contributed by atoms with Crippen LogP contribution in [0.5, 0.6) is 5.75 Å². The van der Waals surface area contributed by atoms with Crippen molar-refractivity contribution in [2.45, 2.75) is 19.4 Å². The van der Waals surface area contributed by atoms with E-state index in [-0.39, 0.29) is 11.8 Å². The van der Waals surface area contributed by atoms with Gasteiger partial charge in [0.05, 0.1) is 12.8 Å². The molecule has 0 radical (unpaired) electrons. The number of ether oxygens (including phenoxy) is 1. The van der Waals surface area contributed by atoms with Gasteiger partial charge in [0.15, 0.2) is 0 Å². The number of hydrogen-bond donors (Lipinski definition) is 1. The highest BCUT2D eigenvalue weighted by Crippen LogP contribution is 2.27. The Bertz CT molecular complexity index is 956. The average Bonchev–Trinajstić information content (AvgIpc) is 2.75. The molecule has 0 spiro atoms. The summed E-state index contributed by atoms with van der Waals surface area (Å²) in [6.07, 6.45) is 1.76. The molecule has 0 atom stereocenters. The zero-order valence-electron chi connectivity index (χ0n) is 16.2. The van der Waals surface area contributed by atoms with E-state index < -0.39 is 0 Å². The first-order valence-corrected chi connectivity index (χ1v) is 9.87. The van der Waals surface area contributed by atoms with Crippen LogP contribution in [0.15, 0.2) is 66.7 Å². The van der Waals surface area contributed by atoms with Crippen LogP contribution in [0.2, 0.25) is 0 Å². The Kier molecular flexibility index (Phi) is 5.58. The second kappa shape index (κ2) is 8.44. The maximum Gasteiger partial charge on any atom is 0.227 e. The molecule has 1 aliphatic heterocycles. The minimum atomic E-state index is 0.0497. The number of rotatable bonds is 5. The maximum absolute atomic E-state index is 12.7. The first kappa shape index (κ1) is 18.5. The molecule has 3 aromatic rings. The van der Waals surface area contributed by atoms with Crippen LogP contribution >= 0.6 is 0 Å². The summed E-state index contributed by atoms with van der Waals surface area (Å²) in [4.78, 5) is 15.1. The number of likely N-dealkylation sites (tertiary alicyclic amines) is 1. The van der Waals surface area contributed by atoms with Crippen molar-refractivity contribution in [3.05, 3.63) is 72.3 Å². The number of para-hydroxylation sites is 2. The number of hydrogen-bond acceptors (Lipinski definition) is 3. The van der Waals surface area contributed by atoms with Crippen LogP contribution in [-0.2, 0) is 11.3 Å². The van der Waals surface area contributed by atoms with Gasteiger partial charge in [0.25, 0.3) is 0 Å². The van der Waals surface area contributed by atoms with Crippen molar-refractivity contribution >= 4 is 22.4 Å². The molecule has 1 saturated heterocycles. The number of carbonyl (C=O) groups is 1. The van der Waals surface area contributed by atoms with E-state index in [0.29, 0.717) is 5.75 Å². The molecule has 0 aliphatic carbocycles. The summed E-state index contributed by atoms with van der Waals surface area (Å²) in [7, 11) is 1.62. The third-order valence-electron chi connectivity index (χ3n) is 5.60. The van der Waals surface area contributed by atoms with Gasteiger partial charge < -0.3 is 10.1 Å². The van der Waals surface area contributed by atoms with E-state index in [1.807, 2.05) is 24.3 Å². The second-order valence-corrected chi connectivity index (χ2v) is 7.38. The van der Waals surface area contributed by atoms with E-state index in [0.717, 1.165) is 38.2 Å². The molecular formula is C24H26N2O2. The smallest absolute Gasteiger partial charge is 0.227 e. The summed E-state index contributed by atoms with van der Waals surface area (Å²) in [5, 5.41) is 5.64. The predicted octanol–water partition coefficient (Wildman–Crippen LogP) is 4.70. The number of anilines is 1. The van der Waals surface area contributed by atoms with Gasteiger partial charge in [-0.25, -0.2) is 0 Å². The van der Waals surface area contributed by atoms with E-state index >= 15 is 0 Å². The summed E-state index contributed by atoms with van der Waals surface area (Å²) in [6.45, 7) is 2.81. The Morgan fingerprint density at radius 1 is 1.00 bits per heavy atom. The van der Waals surface area contributed by atoms with Gasteiger partial charge in [-0.2, -0.15) is 0 Å². The molecule has 3 aromatic carbocycles. The molecule has 28 heavy (non-hydrogen) atoms. The molecule has 144 valence electrons. The fourth-order valence-corrected chi connectivity index (χ4v) is 4.01. The van der Waals surface area contributed by atoms with Crippen LogP contribution in [0, 0.1) is 5.92 Å². The van der Waals surface area contributed by atoms with Crippen molar-refractivity contribution in [3.63, 3.8) is 0 Å². The molecule has 1 aliphatic rings. The first-order chi connectivity index (χ1) is 13.7. The fourth-order valence-electron chi connectivity index (χ4n) is 4.01. The highest BCUT2D eigenvalue weighted by molar-refractivity contribution is 5.94. The van der Waals surface area contributed by atoms with Gasteiger partial charge in [-0.1, -0.05) is 54.6 Å². The lowest BCUT2D eigenvalue weighted by molar-refractivity contribution is -0.121. The standard InChI is InChI=1S/C24H26N2O2/c1-28-23-12-5-4-11-22(23)25-24(27)19-13-15-26(16-14-19)17-20-9-6-8-18-7-2-3-10-21(18)20/h2-12,19H,13-17H2,1H3,(H,25,27). The molecule has 0 aromatic heterocycles. The highest BCUT2D eigenvalue weighted by Gasteiger charge is 2.25. The van der Waals surface area contributed by atoms with Crippen molar-refractivity contribution in [1.82, 2.24) is 4.90 Å². The van der Waals surface area contributed by atoms with E-state index in [2.05, 4.69) is 52.7 Å². The lowest BCUT2D eigenvalue weighted by atomic mass is 9.95. The fraction of sp³-hybridized carbons (Fsp3) is 0.292. The number of nitrogens with one attached hydrogen (secondary N) is 1. The topological polar surface area (TPSA) is 41.6 Å². The van der Waals surface area contributed by atoms with E-state index in [9.17, 15) is 4.79 Å². The molecule has 1 heterocycles. The van der Waals surface area contributed by atoms with Gasteiger partial charge in [-0.3, -0.25) is 9.69 Å². The summed E-state index contributed by atoms with van der Waals surface area (Å²) in [6, 6.07) is 22.6. The number of piperidine rings is 1. The van der Waals surface area contributed by atoms with Crippen LogP contribution < -0.4 is 10.1 Å².